The van der Waals surface area contributed by atoms with Crippen molar-refractivity contribution in [2.45, 2.75) is 32.6 Å². The van der Waals surface area contributed by atoms with Crippen LogP contribution < -0.4 is 5.76 Å². The highest BCUT2D eigenvalue weighted by Crippen LogP contribution is 2.18. The van der Waals surface area contributed by atoms with Gasteiger partial charge in [-0.2, -0.15) is 0 Å². The van der Waals surface area contributed by atoms with Gasteiger partial charge in [0.25, 0.3) is 0 Å². The molecule has 0 aliphatic carbocycles. The minimum Gasteiger partial charge on any atom is -0.408 e. The van der Waals surface area contributed by atoms with Crippen molar-refractivity contribution in [3.63, 3.8) is 0 Å². The van der Waals surface area contributed by atoms with E-state index in [4.69, 9.17) is 4.42 Å². The van der Waals surface area contributed by atoms with Crippen LogP contribution in [0.5, 0.6) is 0 Å². The first-order valence-electron chi connectivity index (χ1n) is 7.97. The molecule has 1 aliphatic rings. The Balaban J connectivity index is 1.59. The predicted octanol–water partition coefficient (Wildman–Crippen LogP) is 2.34. The maximum Gasteiger partial charge on any atom is 0.417 e. The normalized spacial score (nSPS) is 16.0. The van der Waals surface area contributed by atoms with E-state index < -0.39 is 5.76 Å². The van der Waals surface area contributed by atoms with Crippen molar-refractivity contribution >= 4 is 22.8 Å². The summed E-state index contributed by atoms with van der Waals surface area (Å²) in [5.41, 5.74) is 1.38. The number of piperidine rings is 1. The molecule has 2 aromatic rings. The number of hydrogen-bond acceptors (Lipinski definition) is 4. The van der Waals surface area contributed by atoms with Gasteiger partial charge in [-0.15, -0.1) is 0 Å². The standard InChI is InChI=1S/C17H20N2O4/c1-11-6-8-19(9-7-11)16(21)5-4-14(20)12-2-3-13-15(10-12)23-17(22)18-13/h2-3,10-11H,4-9H2,1H3,(H,18,22). The number of amides is 1. The lowest BCUT2D eigenvalue weighted by Gasteiger charge is -2.30. The molecule has 1 N–H and O–H groups in total. The van der Waals surface area contributed by atoms with Crippen molar-refractivity contribution in [3.8, 4) is 0 Å². The monoisotopic (exact) mass is 316 g/mol. The van der Waals surface area contributed by atoms with Crippen molar-refractivity contribution in [2.75, 3.05) is 13.1 Å². The van der Waals surface area contributed by atoms with Gasteiger partial charge >= 0.3 is 5.76 Å². The second kappa shape index (κ2) is 6.40. The Hall–Kier alpha value is -2.37. The summed E-state index contributed by atoms with van der Waals surface area (Å²) < 4.78 is 4.95. The van der Waals surface area contributed by atoms with Crippen LogP contribution >= 0.6 is 0 Å². The molecular formula is C17H20N2O4. The topological polar surface area (TPSA) is 83.4 Å². The predicted molar refractivity (Wildman–Crippen MR) is 85.4 cm³/mol. The van der Waals surface area contributed by atoms with E-state index in [9.17, 15) is 14.4 Å². The van der Waals surface area contributed by atoms with Gasteiger partial charge < -0.3 is 9.32 Å². The first-order valence-corrected chi connectivity index (χ1v) is 7.97. The van der Waals surface area contributed by atoms with Crippen molar-refractivity contribution in [3.05, 3.63) is 34.3 Å². The number of carbonyl (C=O) groups excluding carboxylic acids is 2. The number of nitrogens with one attached hydrogen (secondary N) is 1. The summed E-state index contributed by atoms with van der Waals surface area (Å²) in [5, 5.41) is 0. The molecule has 0 unspecified atom stereocenters. The third kappa shape index (κ3) is 3.52. The maximum atomic E-state index is 12.2. The molecule has 1 amide bonds. The lowest BCUT2D eigenvalue weighted by Crippen LogP contribution is -2.38. The number of ketones is 1. The molecule has 6 heteroatoms. The van der Waals surface area contributed by atoms with E-state index in [1.807, 2.05) is 4.90 Å². The molecule has 6 nitrogen and oxygen atoms in total. The number of benzene rings is 1. The van der Waals surface area contributed by atoms with Crippen LogP contribution in [0.3, 0.4) is 0 Å². The number of Topliss-reactive ketones (excluding diaryl/α,β-unsaturated/α-hetero) is 1. The number of fused-ring (bicyclic) bond motifs is 1. The molecule has 23 heavy (non-hydrogen) atoms. The van der Waals surface area contributed by atoms with E-state index >= 15 is 0 Å². The molecule has 1 fully saturated rings. The van der Waals surface area contributed by atoms with Crippen LogP contribution in [0.15, 0.2) is 27.4 Å². The third-order valence-corrected chi connectivity index (χ3v) is 4.45. The highest BCUT2D eigenvalue weighted by molar-refractivity contribution is 6.00. The number of likely N-dealkylation sites (tertiary alicyclic amines) is 1. The number of nitrogens with zero attached hydrogens (tertiary/aromatic N) is 1. The van der Waals surface area contributed by atoms with E-state index in [-0.39, 0.29) is 24.5 Å². The molecule has 0 bridgehead atoms. The third-order valence-electron chi connectivity index (χ3n) is 4.45. The van der Waals surface area contributed by atoms with Crippen LogP contribution in [0.2, 0.25) is 0 Å². The van der Waals surface area contributed by atoms with Gasteiger partial charge in [-0.25, -0.2) is 4.79 Å². The molecule has 0 atom stereocenters. The largest absolute Gasteiger partial charge is 0.417 e. The average Bonchev–Trinajstić information content (AvgIpc) is 2.92. The summed E-state index contributed by atoms with van der Waals surface area (Å²) >= 11 is 0. The number of carbonyl (C=O) groups is 2. The van der Waals surface area contributed by atoms with Crippen LogP contribution in [-0.4, -0.2) is 34.7 Å². The van der Waals surface area contributed by atoms with Gasteiger partial charge in [-0.05, 0) is 37.0 Å². The fourth-order valence-corrected chi connectivity index (χ4v) is 2.90. The fourth-order valence-electron chi connectivity index (χ4n) is 2.90. The molecule has 2 heterocycles. The molecule has 1 saturated heterocycles. The molecular weight excluding hydrogens is 296 g/mol. The molecule has 1 aromatic carbocycles. The van der Waals surface area contributed by atoms with E-state index in [0.29, 0.717) is 22.6 Å². The molecule has 0 saturated carbocycles. The minimum absolute atomic E-state index is 0.0412. The van der Waals surface area contributed by atoms with Gasteiger partial charge in [0.15, 0.2) is 11.4 Å². The van der Waals surface area contributed by atoms with Gasteiger partial charge in [0.2, 0.25) is 5.91 Å². The van der Waals surface area contributed by atoms with Gasteiger partial charge in [-0.1, -0.05) is 6.92 Å². The lowest BCUT2D eigenvalue weighted by molar-refractivity contribution is -0.132. The smallest absolute Gasteiger partial charge is 0.408 e. The van der Waals surface area contributed by atoms with Crippen molar-refractivity contribution < 1.29 is 14.0 Å². The number of oxazole rings is 1. The van der Waals surface area contributed by atoms with Gasteiger partial charge in [0.1, 0.15) is 0 Å². The van der Waals surface area contributed by atoms with Gasteiger partial charge in [0.05, 0.1) is 5.52 Å². The van der Waals surface area contributed by atoms with Crippen LogP contribution in [0.4, 0.5) is 0 Å². The molecule has 1 aliphatic heterocycles. The quantitative estimate of drug-likeness (QED) is 0.878. The summed E-state index contributed by atoms with van der Waals surface area (Å²) in [6.45, 7) is 3.77. The molecule has 122 valence electrons. The van der Waals surface area contributed by atoms with Crippen molar-refractivity contribution in [1.82, 2.24) is 9.88 Å². The average molecular weight is 316 g/mol. The zero-order valence-electron chi connectivity index (χ0n) is 13.1. The zero-order chi connectivity index (χ0) is 16.4. The SMILES string of the molecule is CC1CCN(C(=O)CCC(=O)c2ccc3[nH]c(=O)oc3c2)CC1. The summed E-state index contributed by atoms with van der Waals surface area (Å²) in [7, 11) is 0. The lowest BCUT2D eigenvalue weighted by atomic mass is 9.98. The maximum absolute atomic E-state index is 12.2. The van der Waals surface area contributed by atoms with Crippen LogP contribution in [0, 0.1) is 5.92 Å². The first kappa shape index (κ1) is 15.5. The van der Waals surface area contributed by atoms with Crippen molar-refractivity contribution in [1.29, 1.82) is 0 Å². The summed E-state index contributed by atoms with van der Waals surface area (Å²) in [6.07, 6.45) is 2.46. The highest BCUT2D eigenvalue weighted by Gasteiger charge is 2.21. The van der Waals surface area contributed by atoms with E-state index in [1.165, 1.54) is 0 Å². The number of rotatable bonds is 4. The second-order valence-electron chi connectivity index (χ2n) is 6.21. The summed E-state index contributed by atoms with van der Waals surface area (Å²) in [5.74, 6) is 0.0523. The Labute approximate surface area is 133 Å². The Bertz CT molecular complexity index is 781. The Morgan fingerprint density at radius 3 is 2.74 bits per heavy atom. The molecule has 0 radical (unpaired) electrons. The first-order chi connectivity index (χ1) is 11.0. The fraction of sp³-hybridized carbons (Fsp3) is 0.471. The number of aromatic nitrogens is 1. The number of hydrogen-bond donors (Lipinski definition) is 1. The number of H-pyrrole nitrogens is 1. The Morgan fingerprint density at radius 2 is 2.00 bits per heavy atom. The highest BCUT2D eigenvalue weighted by atomic mass is 16.4. The number of aromatic amines is 1. The molecule has 3 rings (SSSR count). The van der Waals surface area contributed by atoms with Crippen LogP contribution in [0.1, 0.15) is 43.0 Å². The molecule has 0 spiro atoms. The Kier molecular flexibility index (Phi) is 4.32. The zero-order valence-corrected chi connectivity index (χ0v) is 13.1. The molecule has 1 aromatic heterocycles. The van der Waals surface area contributed by atoms with E-state index in [2.05, 4.69) is 11.9 Å². The van der Waals surface area contributed by atoms with Crippen LogP contribution in [-0.2, 0) is 4.79 Å². The van der Waals surface area contributed by atoms with Gasteiger partial charge in [-0.3, -0.25) is 14.6 Å². The van der Waals surface area contributed by atoms with E-state index in [1.54, 1.807) is 18.2 Å². The van der Waals surface area contributed by atoms with Crippen LogP contribution in [0.25, 0.3) is 11.1 Å². The van der Waals surface area contributed by atoms with E-state index in [0.717, 1.165) is 25.9 Å². The summed E-state index contributed by atoms with van der Waals surface area (Å²) in [6, 6.07) is 4.83. The minimum atomic E-state index is -0.542. The van der Waals surface area contributed by atoms with Gasteiger partial charge in [0, 0.05) is 31.5 Å². The van der Waals surface area contributed by atoms with Crippen molar-refractivity contribution in [2.24, 2.45) is 5.92 Å². The summed E-state index contributed by atoms with van der Waals surface area (Å²) in [4.78, 5) is 39.9. The second-order valence-corrected chi connectivity index (χ2v) is 6.21. The Morgan fingerprint density at radius 1 is 1.26 bits per heavy atom.